The van der Waals surface area contributed by atoms with Crippen LogP contribution < -0.4 is 0 Å². The molecule has 0 amide bonds. The van der Waals surface area contributed by atoms with Crippen molar-refractivity contribution in [1.29, 1.82) is 5.26 Å². The molecule has 0 saturated heterocycles. The minimum atomic E-state index is -3.33. The van der Waals surface area contributed by atoms with E-state index >= 15 is 0 Å². The Bertz CT molecular complexity index is 638. The van der Waals surface area contributed by atoms with Crippen LogP contribution in [0.1, 0.15) is 11.5 Å². The Morgan fingerprint density at radius 2 is 2.21 bits per heavy atom. The van der Waals surface area contributed by atoms with Gasteiger partial charge in [-0.3, -0.25) is 0 Å². The fourth-order valence-corrected chi connectivity index (χ4v) is 4.83. The van der Waals surface area contributed by atoms with Gasteiger partial charge in [-0.25, -0.2) is 8.42 Å². The smallest absolute Gasteiger partial charge is 0.152 e. The van der Waals surface area contributed by atoms with Crippen molar-refractivity contribution in [3.63, 3.8) is 0 Å². The van der Waals surface area contributed by atoms with Crippen LogP contribution in [0.5, 0.6) is 0 Å². The van der Waals surface area contributed by atoms with E-state index in [-0.39, 0.29) is 12.5 Å². The lowest BCUT2D eigenvalue weighted by Gasteiger charge is -2.07. The number of sulfone groups is 1. The molecule has 3 atom stereocenters. The number of rotatable bonds is 4. The van der Waals surface area contributed by atoms with Crippen LogP contribution in [0.25, 0.3) is 0 Å². The van der Waals surface area contributed by atoms with Crippen molar-refractivity contribution in [2.45, 2.75) is 11.2 Å². The minimum absolute atomic E-state index is 0.0957. The van der Waals surface area contributed by atoms with Gasteiger partial charge in [0.25, 0.3) is 0 Å². The van der Waals surface area contributed by atoms with E-state index in [1.807, 2.05) is 0 Å². The molecule has 0 heterocycles. The van der Waals surface area contributed by atoms with Gasteiger partial charge in [0, 0.05) is 24.3 Å². The molecule has 0 aliphatic heterocycles. The number of hydrogen-bond acceptors (Lipinski definition) is 4. The average Bonchev–Trinajstić information content (AvgIpc) is 2.99. The van der Waals surface area contributed by atoms with Gasteiger partial charge in [-0.15, -0.1) is 0 Å². The third-order valence-electron chi connectivity index (χ3n) is 3.52. The first-order valence-corrected chi connectivity index (χ1v) is 8.04. The maximum atomic E-state index is 11.9. The summed E-state index contributed by atoms with van der Waals surface area (Å²) in [5.41, 5.74) is -0.242. The van der Waals surface area contributed by atoms with Gasteiger partial charge in [0.05, 0.1) is 17.9 Å². The Labute approximate surface area is 117 Å². The monoisotopic (exact) mass is 299 g/mol. The van der Waals surface area contributed by atoms with Crippen LogP contribution in [-0.2, 0) is 14.6 Å². The second kappa shape index (κ2) is 4.78. The quantitative estimate of drug-likeness (QED) is 0.853. The van der Waals surface area contributed by atoms with E-state index in [0.29, 0.717) is 5.02 Å². The van der Waals surface area contributed by atoms with Gasteiger partial charge in [-0.1, -0.05) is 23.7 Å². The van der Waals surface area contributed by atoms with Crippen LogP contribution in [0.3, 0.4) is 0 Å². The highest BCUT2D eigenvalue weighted by molar-refractivity contribution is 7.91. The lowest BCUT2D eigenvalue weighted by molar-refractivity contribution is 0.162. The normalized spacial score (nSPS) is 29.8. The highest BCUT2D eigenvalue weighted by atomic mass is 35.5. The van der Waals surface area contributed by atoms with Crippen LogP contribution in [-0.4, -0.2) is 33.6 Å². The summed E-state index contributed by atoms with van der Waals surface area (Å²) in [7, 11) is -1.86. The molecule has 0 radical (unpaired) electrons. The molecular formula is C13H14ClNO3S. The molecule has 2 rings (SSSR count). The van der Waals surface area contributed by atoms with E-state index in [0.717, 1.165) is 11.8 Å². The number of halogens is 1. The maximum absolute atomic E-state index is 11.9. The molecular weight excluding hydrogens is 286 g/mol. The average molecular weight is 300 g/mol. The second-order valence-electron chi connectivity index (χ2n) is 4.87. The lowest BCUT2D eigenvalue weighted by atomic mass is 10.0. The Hall–Kier alpha value is -1.09. The number of benzene rings is 1. The Balaban J connectivity index is 2.48. The largest absolute Gasteiger partial charge is 0.383 e. The van der Waals surface area contributed by atoms with E-state index in [4.69, 9.17) is 16.3 Å². The van der Waals surface area contributed by atoms with Crippen molar-refractivity contribution in [1.82, 2.24) is 0 Å². The molecule has 4 nitrogen and oxygen atoms in total. The highest BCUT2D eigenvalue weighted by Crippen LogP contribution is 2.62. The fourth-order valence-electron chi connectivity index (χ4n) is 2.78. The van der Waals surface area contributed by atoms with Crippen LogP contribution in [0.15, 0.2) is 24.3 Å². The zero-order chi connectivity index (χ0) is 14.3. The summed E-state index contributed by atoms with van der Waals surface area (Å²) >= 11 is 5.93. The maximum Gasteiger partial charge on any atom is 0.152 e. The van der Waals surface area contributed by atoms with Gasteiger partial charge in [0.15, 0.2) is 9.84 Å². The standard InChI is InChI=1S/C13H14ClNO3S/c1-18-8-13(7-15)11(12(13)19(2,16)17)9-4-3-5-10(14)6-9/h3-6,11-12H,8H2,1-2H3/t11-,12-,13+/m0/s1. The number of nitrogens with zero attached hydrogens (tertiary/aromatic N) is 1. The summed E-state index contributed by atoms with van der Waals surface area (Å²) in [6.45, 7) is 0.0957. The first-order chi connectivity index (χ1) is 8.86. The van der Waals surface area contributed by atoms with Crippen LogP contribution in [0.4, 0.5) is 0 Å². The molecule has 0 bridgehead atoms. The Morgan fingerprint density at radius 1 is 1.53 bits per heavy atom. The van der Waals surface area contributed by atoms with Crippen molar-refractivity contribution in [3.05, 3.63) is 34.9 Å². The summed E-state index contributed by atoms with van der Waals surface area (Å²) in [6, 6.07) is 9.10. The molecule has 6 heteroatoms. The molecule has 1 fully saturated rings. The summed E-state index contributed by atoms with van der Waals surface area (Å²) in [4.78, 5) is 0. The SMILES string of the molecule is COC[C@]1(C#N)[C@@H](c2cccc(Cl)c2)[C@@H]1S(C)(=O)=O. The van der Waals surface area contributed by atoms with Gasteiger partial charge in [-0.05, 0) is 17.7 Å². The summed E-state index contributed by atoms with van der Waals surface area (Å²) in [5.74, 6) is -0.383. The summed E-state index contributed by atoms with van der Waals surface area (Å²) in [5, 5.41) is 9.19. The third-order valence-corrected chi connectivity index (χ3v) is 5.37. The highest BCUT2D eigenvalue weighted by Gasteiger charge is 2.71. The Morgan fingerprint density at radius 3 is 2.68 bits per heavy atom. The molecule has 19 heavy (non-hydrogen) atoms. The van der Waals surface area contributed by atoms with E-state index in [1.165, 1.54) is 7.11 Å². The van der Waals surface area contributed by atoms with Crippen LogP contribution in [0, 0.1) is 16.7 Å². The molecule has 1 aliphatic rings. The minimum Gasteiger partial charge on any atom is -0.383 e. The topological polar surface area (TPSA) is 67.2 Å². The number of nitriles is 1. The predicted octanol–water partition coefficient (Wildman–Crippen LogP) is 2.01. The third kappa shape index (κ3) is 2.36. The van der Waals surface area contributed by atoms with E-state index in [9.17, 15) is 13.7 Å². The van der Waals surface area contributed by atoms with Gasteiger partial charge in [0.1, 0.15) is 5.41 Å². The lowest BCUT2D eigenvalue weighted by Crippen LogP contribution is -2.17. The first-order valence-electron chi connectivity index (χ1n) is 5.71. The zero-order valence-electron chi connectivity index (χ0n) is 10.6. The number of ether oxygens (including phenoxy) is 1. The molecule has 102 valence electrons. The van der Waals surface area contributed by atoms with Gasteiger partial charge < -0.3 is 4.74 Å². The molecule has 1 aliphatic carbocycles. The van der Waals surface area contributed by atoms with Crippen molar-refractivity contribution in [3.8, 4) is 6.07 Å². The predicted molar refractivity (Wildman–Crippen MR) is 72.7 cm³/mol. The molecule has 0 N–H and O–H groups in total. The van der Waals surface area contributed by atoms with Gasteiger partial charge in [-0.2, -0.15) is 5.26 Å². The van der Waals surface area contributed by atoms with Crippen molar-refractivity contribution < 1.29 is 13.2 Å². The number of hydrogen-bond donors (Lipinski definition) is 0. The molecule has 0 spiro atoms. The number of methoxy groups -OCH3 is 1. The van der Waals surface area contributed by atoms with E-state index in [1.54, 1.807) is 24.3 Å². The van der Waals surface area contributed by atoms with Gasteiger partial charge in [0.2, 0.25) is 0 Å². The van der Waals surface area contributed by atoms with Crippen molar-refractivity contribution >= 4 is 21.4 Å². The van der Waals surface area contributed by atoms with Crippen LogP contribution in [0.2, 0.25) is 5.02 Å². The zero-order valence-corrected chi connectivity index (χ0v) is 12.2. The fraction of sp³-hybridized carbons (Fsp3) is 0.462. The summed E-state index contributed by atoms with van der Waals surface area (Å²) in [6.07, 6.45) is 1.16. The molecule has 1 aromatic carbocycles. The van der Waals surface area contributed by atoms with Crippen molar-refractivity contribution in [2.24, 2.45) is 5.41 Å². The second-order valence-corrected chi connectivity index (χ2v) is 7.47. The van der Waals surface area contributed by atoms with Crippen LogP contribution >= 0.6 is 11.6 Å². The van der Waals surface area contributed by atoms with E-state index < -0.39 is 20.5 Å². The molecule has 1 aromatic rings. The summed E-state index contributed by atoms with van der Waals surface area (Å²) < 4.78 is 28.8. The molecule has 0 unspecified atom stereocenters. The van der Waals surface area contributed by atoms with Crippen molar-refractivity contribution in [2.75, 3.05) is 20.0 Å². The van der Waals surface area contributed by atoms with E-state index in [2.05, 4.69) is 6.07 Å². The molecule has 0 aromatic heterocycles. The van der Waals surface area contributed by atoms with Gasteiger partial charge >= 0.3 is 0 Å². The molecule has 1 saturated carbocycles. The Kier molecular flexibility index (Phi) is 3.61. The first kappa shape index (κ1) is 14.3.